The molecule has 0 heterocycles. The molecule has 0 saturated heterocycles. The number of hydrogen-bond acceptors (Lipinski definition) is 2. The van der Waals surface area contributed by atoms with Crippen LogP contribution in [0.1, 0.15) is 133 Å². The van der Waals surface area contributed by atoms with Crippen LogP contribution in [-0.2, 0) is 5.41 Å². The van der Waals surface area contributed by atoms with E-state index in [1.807, 2.05) is 13.0 Å². The zero-order valence-corrected chi connectivity index (χ0v) is 23.4. The van der Waals surface area contributed by atoms with Gasteiger partial charge in [-0.2, -0.15) is 0 Å². The average molecular weight is 481 g/mol. The van der Waals surface area contributed by atoms with Crippen LogP contribution in [0.25, 0.3) is 0 Å². The Hall–Kier alpha value is -1.96. The van der Waals surface area contributed by atoms with E-state index in [1.54, 1.807) is 0 Å². The molecule has 0 radical (unpaired) electrons. The van der Waals surface area contributed by atoms with E-state index in [2.05, 4.69) is 58.0 Å². The van der Waals surface area contributed by atoms with Crippen LogP contribution in [0.3, 0.4) is 0 Å². The fourth-order valence-electron chi connectivity index (χ4n) is 5.56. The van der Waals surface area contributed by atoms with Gasteiger partial charge in [0.05, 0.1) is 6.61 Å². The molecule has 0 aliphatic heterocycles. The van der Waals surface area contributed by atoms with Crippen molar-refractivity contribution in [1.82, 2.24) is 0 Å². The van der Waals surface area contributed by atoms with Crippen LogP contribution in [0.2, 0.25) is 0 Å². The first-order valence-electron chi connectivity index (χ1n) is 14.5. The number of aryl methyl sites for hydroxylation is 2. The summed E-state index contributed by atoms with van der Waals surface area (Å²) >= 11 is 0. The van der Waals surface area contributed by atoms with Crippen LogP contribution >= 0.6 is 0 Å². The van der Waals surface area contributed by atoms with E-state index in [4.69, 9.17) is 4.74 Å². The molecular formula is C33H52O2. The van der Waals surface area contributed by atoms with Crippen LogP contribution in [-0.4, -0.2) is 11.7 Å². The monoisotopic (exact) mass is 480 g/mol. The smallest absolute Gasteiger partial charge is 0.122 e. The molecule has 0 unspecified atom stereocenters. The summed E-state index contributed by atoms with van der Waals surface area (Å²) in [4.78, 5) is 0. The average Bonchev–Trinajstić information content (AvgIpc) is 2.84. The third kappa shape index (κ3) is 8.89. The molecule has 2 aromatic rings. The van der Waals surface area contributed by atoms with E-state index < -0.39 is 0 Å². The van der Waals surface area contributed by atoms with E-state index in [0.29, 0.717) is 5.75 Å². The largest absolute Gasteiger partial charge is 0.508 e. The molecule has 0 amide bonds. The fourth-order valence-corrected chi connectivity index (χ4v) is 5.56. The van der Waals surface area contributed by atoms with Crippen LogP contribution in [0, 0.1) is 13.8 Å². The molecule has 0 fully saturated rings. The van der Waals surface area contributed by atoms with Gasteiger partial charge >= 0.3 is 0 Å². The predicted octanol–water partition coefficient (Wildman–Crippen LogP) is 10.2. The second-order valence-electron chi connectivity index (χ2n) is 10.6. The second kappa shape index (κ2) is 15.9. The summed E-state index contributed by atoms with van der Waals surface area (Å²) in [6.45, 7) is 11.8. The number of rotatable bonds is 18. The molecule has 0 aromatic heterocycles. The minimum Gasteiger partial charge on any atom is -0.508 e. The highest BCUT2D eigenvalue weighted by Gasteiger charge is 2.33. The molecule has 0 bridgehead atoms. The van der Waals surface area contributed by atoms with Crippen molar-refractivity contribution in [1.29, 1.82) is 0 Å². The van der Waals surface area contributed by atoms with E-state index in [1.165, 1.54) is 74.5 Å². The van der Waals surface area contributed by atoms with E-state index >= 15 is 0 Å². The SMILES string of the molecule is CCCCCCCCCCCCOc1ccc(C(CCC)(CCC)c2ccc(O)c(C)c2)cc1C. The number of unbranched alkanes of at least 4 members (excludes halogenated alkanes) is 9. The van der Waals surface area contributed by atoms with Gasteiger partial charge < -0.3 is 9.84 Å². The lowest BCUT2D eigenvalue weighted by Crippen LogP contribution is -2.28. The molecule has 0 aliphatic carbocycles. The number of ether oxygens (including phenoxy) is 1. The molecular weight excluding hydrogens is 428 g/mol. The normalized spacial score (nSPS) is 11.7. The maximum atomic E-state index is 10.1. The zero-order valence-electron chi connectivity index (χ0n) is 23.4. The summed E-state index contributed by atoms with van der Waals surface area (Å²) in [6.07, 6.45) is 17.9. The molecule has 0 saturated carbocycles. The molecule has 0 spiro atoms. The summed E-state index contributed by atoms with van der Waals surface area (Å²) < 4.78 is 6.20. The van der Waals surface area contributed by atoms with Gasteiger partial charge in [-0.15, -0.1) is 0 Å². The topological polar surface area (TPSA) is 29.5 Å². The molecule has 0 atom stereocenters. The first-order chi connectivity index (χ1) is 17.0. The molecule has 35 heavy (non-hydrogen) atoms. The number of phenols is 1. The molecule has 0 aliphatic rings. The van der Waals surface area contributed by atoms with E-state index in [-0.39, 0.29) is 5.41 Å². The molecule has 2 aromatic carbocycles. The lowest BCUT2D eigenvalue weighted by molar-refractivity contribution is 0.302. The molecule has 2 nitrogen and oxygen atoms in total. The van der Waals surface area contributed by atoms with Gasteiger partial charge in [-0.1, -0.05) is 116 Å². The maximum absolute atomic E-state index is 10.1. The summed E-state index contributed by atoms with van der Waals surface area (Å²) in [6, 6.07) is 13.0. The summed E-state index contributed by atoms with van der Waals surface area (Å²) in [5.74, 6) is 1.40. The van der Waals surface area contributed by atoms with Crippen molar-refractivity contribution in [3.63, 3.8) is 0 Å². The first kappa shape index (κ1) is 29.3. The Balaban J connectivity index is 1.96. The quantitative estimate of drug-likeness (QED) is 0.215. The third-order valence-electron chi connectivity index (χ3n) is 7.59. The summed E-state index contributed by atoms with van der Waals surface area (Å²) in [5, 5.41) is 10.1. The van der Waals surface area contributed by atoms with Gasteiger partial charge in [0.25, 0.3) is 0 Å². The number of hydrogen-bond donors (Lipinski definition) is 1. The van der Waals surface area contributed by atoms with Gasteiger partial charge in [-0.05, 0) is 67.5 Å². The minimum absolute atomic E-state index is 0.0260. The van der Waals surface area contributed by atoms with E-state index in [9.17, 15) is 5.11 Å². The standard InChI is InChI=1S/C33H52O2/c1-6-9-10-11-12-13-14-15-16-17-24-35-32-21-19-30(26-28(32)5)33(22-7-2,23-8-3)29-18-20-31(34)27(4)25-29/h18-21,25-26,34H,6-17,22-24H2,1-5H3. The van der Waals surface area contributed by atoms with Crippen molar-refractivity contribution < 1.29 is 9.84 Å². The second-order valence-corrected chi connectivity index (χ2v) is 10.6. The van der Waals surface area contributed by atoms with E-state index in [0.717, 1.165) is 50.0 Å². The van der Waals surface area contributed by atoms with Crippen molar-refractivity contribution in [2.75, 3.05) is 6.61 Å². The molecule has 1 N–H and O–H groups in total. The Labute approximate surface area is 216 Å². The van der Waals surface area contributed by atoms with Crippen molar-refractivity contribution in [2.45, 2.75) is 130 Å². The van der Waals surface area contributed by atoms with Gasteiger partial charge in [-0.3, -0.25) is 0 Å². The Morgan fingerprint density at radius 2 is 1.14 bits per heavy atom. The van der Waals surface area contributed by atoms with Crippen LogP contribution in [0.4, 0.5) is 0 Å². The Bertz CT molecular complexity index is 848. The molecule has 2 rings (SSSR count). The molecule has 2 heteroatoms. The Morgan fingerprint density at radius 3 is 1.66 bits per heavy atom. The van der Waals surface area contributed by atoms with Gasteiger partial charge in [0.15, 0.2) is 0 Å². The van der Waals surface area contributed by atoms with Crippen molar-refractivity contribution >= 4 is 0 Å². The highest BCUT2D eigenvalue weighted by molar-refractivity contribution is 5.48. The number of benzene rings is 2. The predicted molar refractivity (Wildman–Crippen MR) is 152 cm³/mol. The van der Waals surface area contributed by atoms with Gasteiger partial charge in [-0.25, -0.2) is 0 Å². The lowest BCUT2D eigenvalue weighted by atomic mass is 9.68. The maximum Gasteiger partial charge on any atom is 0.122 e. The van der Waals surface area contributed by atoms with Crippen LogP contribution in [0.15, 0.2) is 36.4 Å². The third-order valence-corrected chi connectivity index (χ3v) is 7.59. The number of aromatic hydroxyl groups is 1. The first-order valence-corrected chi connectivity index (χ1v) is 14.5. The van der Waals surface area contributed by atoms with Crippen LogP contribution in [0.5, 0.6) is 11.5 Å². The fraction of sp³-hybridized carbons (Fsp3) is 0.636. The minimum atomic E-state index is -0.0260. The molecule has 196 valence electrons. The highest BCUT2D eigenvalue weighted by Crippen LogP contribution is 2.43. The summed E-state index contributed by atoms with van der Waals surface area (Å²) in [7, 11) is 0. The van der Waals surface area contributed by atoms with Crippen molar-refractivity contribution in [3.05, 3.63) is 58.7 Å². The highest BCUT2D eigenvalue weighted by atomic mass is 16.5. The van der Waals surface area contributed by atoms with Gasteiger partial charge in [0.1, 0.15) is 11.5 Å². The number of phenolic OH excluding ortho intramolecular Hbond substituents is 1. The van der Waals surface area contributed by atoms with Crippen molar-refractivity contribution in [2.24, 2.45) is 0 Å². The Morgan fingerprint density at radius 1 is 0.629 bits per heavy atom. The Kier molecular flexibility index (Phi) is 13.3. The van der Waals surface area contributed by atoms with Crippen molar-refractivity contribution in [3.8, 4) is 11.5 Å². The van der Waals surface area contributed by atoms with Crippen LogP contribution < -0.4 is 4.74 Å². The lowest BCUT2D eigenvalue weighted by Gasteiger charge is -2.36. The van der Waals surface area contributed by atoms with Gasteiger partial charge in [0, 0.05) is 5.41 Å². The summed E-state index contributed by atoms with van der Waals surface area (Å²) in [5.41, 5.74) is 4.83. The zero-order chi connectivity index (χ0) is 25.5. The van der Waals surface area contributed by atoms with Gasteiger partial charge in [0.2, 0.25) is 0 Å².